The molecule has 1 nitrogen and oxygen atoms in total. The van der Waals surface area contributed by atoms with Crippen molar-refractivity contribution in [2.24, 2.45) is 0 Å². The van der Waals surface area contributed by atoms with Crippen LogP contribution in [0.25, 0.3) is 0 Å². The number of rotatable bonds is 5. The van der Waals surface area contributed by atoms with Crippen LogP contribution in [0.1, 0.15) is 26.2 Å². The Morgan fingerprint density at radius 3 is 2.15 bits per heavy atom. The van der Waals surface area contributed by atoms with Gasteiger partial charge < -0.3 is 5.32 Å². The van der Waals surface area contributed by atoms with Crippen LogP contribution < -0.4 is 5.32 Å². The van der Waals surface area contributed by atoms with Gasteiger partial charge in [0.2, 0.25) is 0 Å². The smallest absolute Gasteiger partial charge is 0.317 e. The maximum atomic E-state index is 12.3. The fraction of sp³-hybridized carbons (Fsp3) is 1.00. The summed E-state index contributed by atoms with van der Waals surface area (Å²) in [6, 6.07) is 0.139. The Labute approximate surface area is 75.5 Å². The van der Waals surface area contributed by atoms with E-state index < -0.39 is 18.8 Å². The lowest BCUT2D eigenvalue weighted by Gasteiger charge is -2.13. The summed E-state index contributed by atoms with van der Waals surface area (Å²) in [5.74, 6) is 0. The second-order valence-corrected chi connectivity index (χ2v) is 3.13. The molecule has 0 saturated heterocycles. The molecule has 2 atom stereocenters. The third-order valence-corrected chi connectivity index (χ3v) is 1.94. The number of alkyl halides is 4. The van der Waals surface area contributed by atoms with Crippen molar-refractivity contribution in [3.05, 3.63) is 0 Å². The van der Waals surface area contributed by atoms with Gasteiger partial charge in [0, 0.05) is 6.04 Å². The minimum absolute atomic E-state index is 0.139. The summed E-state index contributed by atoms with van der Waals surface area (Å²) in [6.45, 7) is 1.85. The van der Waals surface area contributed by atoms with Crippen LogP contribution >= 0.6 is 0 Å². The summed E-state index contributed by atoms with van der Waals surface area (Å²) in [5, 5.41) is 2.87. The average molecular weight is 201 g/mol. The molecule has 80 valence electrons. The third kappa shape index (κ3) is 5.85. The molecule has 0 aromatic carbocycles. The normalized spacial score (nSPS) is 17.1. The zero-order valence-corrected chi connectivity index (χ0v) is 7.79. The van der Waals surface area contributed by atoms with E-state index in [1.807, 2.05) is 6.92 Å². The molecular formula is C8H15F4N. The Balaban J connectivity index is 3.54. The molecule has 1 N–H and O–H groups in total. The summed E-state index contributed by atoms with van der Waals surface area (Å²) in [7, 11) is 1.72. The fourth-order valence-corrected chi connectivity index (χ4v) is 0.911. The van der Waals surface area contributed by atoms with E-state index in [4.69, 9.17) is 0 Å². The highest BCUT2D eigenvalue weighted by molar-refractivity contribution is 4.67. The van der Waals surface area contributed by atoms with Crippen LogP contribution in [0.15, 0.2) is 0 Å². The van der Waals surface area contributed by atoms with E-state index in [1.54, 1.807) is 7.05 Å². The van der Waals surface area contributed by atoms with Gasteiger partial charge in [-0.3, -0.25) is 0 Å². The lowest BCUT2D eigenvalue weighted by atomic mass is 10.1. The van der Waals surface area contributed by atoms with E-state index >= 15 is 0 Å². The van der Waals surface area contributed by atoms with Crippen LogP contribution in [0.5, 0.6) is 0 Å². The highest BCUT2D eigenvalue weighted by Gasteiger charge is 2.39. The predicted octanol–water partition coefficient (Wildman–Crippen LogP) is 2.67. The van der Waals surface area contributed by atoms with Gasteiger partial charge in [-0.1, -0.05) is 0 Å². The second kappa shape index (κ2) is 5.42. The molecule has 0 rings (SSSR count). The largest absolute Gasteiger partial charge is 0.419 e. The van der Waals surface area contributed by atoms with Crippen molar-refractivity contribution < 1.29 is 17.6 Å². The van der Waals surface area contributed by atoms with Gasteiger partial charge in [0.25, 0.3) is 0 Å². The molecule has 0 radical (unpaired) electrons. The number of nitrogens with one attached hydrogen (secondary N) is 1. The minimum Gasteiger partial charge on any atom is -0.317 e. The van der Waals surface area contributed by atoms with Gasteiger partial charge in [-0.15, -0.1) is 0 Å². The number of hydrogen-bond acceptors (Lipinski definition) is 1. The SMILES string of the molecule is CNC(C)CCCC(F)C(F)(F)F. The molecule has 5 heteroatoms. The first-order chi connectivity index (χ1) is 5.88. The van der Waals surface area contributed by atoms with Crippen LogP contribution in [0.3, 0.4) is 0 Å². The van der Waals surface area contributed by atoms with Crippen LogP contribution in [0, 0.1) is 0 Å². The Morgan fingerprint density at radius 1 is 1.23 bits per heavy atom. The molecule has 0 amide bonds. The molecule has 0 bridgehead atoms. The minimum atomic E-state index is -4.69. The highest BCUT2D eigenvalue weighted by Crippen LogP contribution is 2.26. The van der Waals surface area contributed by atoms with Crippen LogP contribution in [0.2, 0.25) is 0 Å². The first kappa shape index (κ1) is 12.7. The van der Waals surface area contributed by atoms with Gasteiger partial charge in [0.1, 0.15) is 0 Å². The first-order valence-corrected chi connectivity index (χ1v) is 4.26. The molecule has 0 fully saturated rings. The molecule has 0 heterocycles. The standard InChI is InChI=1S/C8H15F4N/c1-6(13-2)4-3-5-7(9)8(10,11)12/h6-7,13H,3-5H2,1-2H3. The number of hydrogen-bond donors (Lipinski definition) is 1. The Hall–Kier alpha value is -0.320. The Kier molecular flexibility index (Phi) is 5.29. The van der Waals surface area contributed by atoms with Crippen molar-refractivity contribution in [1.82, 2.24) is 5.32 Å². The molecule has 0 aliphatic rings. The van der Waals surface area contributed by atoms with E-state index in [0.29, 0.717) is 6.42 Å². The monoisotopic (exact) mass is 201 g/mol. The predicted molar refractivity (Wildman–Crippen MR) is 43.3 cm³/mol. The highest BCUT2D eigenvalue weighted by atomic mass is 19.4. The van der Waals surface area contributed by atoms with E-state index in [0.717, 1.165) is 0 Å². The van der Waals surface area contributed by atoms with Crippen molar-refractivity contribution in [1.29, 1.82) is 0 Å². The molecule has 13 heavy (non-hydrogen) atoms. The molecule has 2 unspecified atom stereocenters. The van der Waals surface area contributed by atoms with Crippen molar-refractivity contribution in [3.63, 3.8) is 0 Å². The van der Waals surface area contributed by atoms with Crippen LogP contribution in [-0.2, 0) is 0 Å². The quantitative estimate of drug-likeness (QED) is 0.674. The summed E-state index contributed by atoms with van der Waals surface area (Å²) in [4.78, 5) is 0. The Bertz CT molecular complexity index is 135. The van der Waals surface area contributed by atoms with Crippen molar-refractivity contribution in [2.45, 2.75) is 44.6 Å². The topological polar surface area (TPSA) is 12.0 Å². The maximum Gasteiger partial charge on any atom is 0.419 e. The van der Waals surface area contributed by atoms with Crippen molar-refractivity contribution in [3.8, 4) is 0 Å². The zero-order chi connectivity index (χ0) is 10.5. The fourth-order valence-electron chi connectivity index (χ4n) is 0.911. The van der Waals surface area contributed by atoms with Gasteiger partial charge in [-0.25, -0.2) is 4.39 Å². The maximum absolute atomic E-state index is 12.3. The lowest BCUT2D eigenvalue weighted by Crippen LogP contribution is -2.26. The number of halogens is 4. The van der Waals surface area contributed by atoms with E-state index in [2.05, 4.69) is 5.32 Å². The van der Waals surface area contributed by atoms with E-state index in [1.165, 1.54) is 0 Å². The summed E-state index contributed by atoms with van der Waals surface area (Å²) < 4.78 is 47.3. The van der Waals surface area contributed by atoms with Gasteiger partial charge in [0.15, 0.2) is 6.17 Å². The lowest BCUT2D eigenvalue weighted by molar-refractivity contribution is -0.182. The van der Waals surface area contributed by atoms with Crippen LogP contribution in [-0.4, -0.2) is 25.4 Å². The summed E-state index contributed by atoms with van der Waals surface area (Å²) >= 11 is 0. The van der Waals surface area contributed by atoms with E-state index in [9.17, 15) is 17.6 Å². The van der Waals surface area contributed by atoms with E-state index in [-0.39, 0.29) is 12.5 Å². The molecular weight excluding hydrogens is 186 g/mol. The average Bonchev–Trinajstić information content (AvgIpc) is 2.02. The molecule has 0 aliphatic carbocycles. The second-order valence-electron chi connectivity index (χ2n) is 3.13. The van der Waals surface area contributed by atoms with Crippen molar-refractivity contribution in [2.75, 3.05) is 7.05 Å². The van der Waals surface area contributed by atoms with Gasteiger partial charge in [-0.2, -0.15) is 13.2 Å². The van der Waals surface area contributed by atoms with Crippen LogP contribution in [0.4, 0.5) is 17.6 Å². The third-order valence-electron chi connectivity index (χ3n) is 1.94. The van der Waals surface area contributed by atoms with Gasteiger partial charge in [-0.05, 0) is 33.2 Å². The first-order valence-electron chi connectivity index (χ1n) is 4.26. The summed E-state index contributed by atoms with van der Waals surface area (Å²) in [6.07, 6.45) is -6.98. The molecule has 0 spiro atoms. The van der Waals surface area contributed by atoms with Crippen molar-refractivity contribution >= 4 is 0 Å². The molecule has 0 aromatic rings. The summed E-state index contributed by atoms with van der Waals surface area (Å²) in [5.41, 5.74) is 0. The Morgan fingerprint density at radius 2 is 1.77 bits per heavy atom. The molecule has 0 aromatic heterocycles. The molecule has 0 aliphatic heterocycles. The van der Waals surface area contributed by atoms with Gasteiger partial charge >= 0.3 is 6.18 Å². The zero-order valence-electron chi connectivity index (χ0n) is 7.79. The molecule has 0 saturated carbocycles. The van der Waals surface area contributed by atoms with Gasteiger partial charge in [0.05, 0.1) is 0 Å².